The summed E-state index contributed by atoms with van der Waals surface area (Å²) in [5.41, 5.74) is 1.09. The standard InChI is InChI=1S/C18H16O5/c1-12(19)23-17-14(9-6-10-16(17)22-2)11-15(18(20)21)13-7-4-3-5-8-13/h3-11H,1-2H3,(H,20,21)/b15-11+. The summed E-state index contributed by atoms with van der Waals surface area (Å²) in [7, 11) is 1.45. The minimum atomic E-state index is -1.08. The number of carbonyl (C=O) groups is 2. The largest absolute Gasteiger partial charge is 0.493 e. The lowest BCUT2D eigenvalue weighted by Crippen LogP contribution is -2.05. The van der Waals surface area contributed by atoms with E-state index in [9.17, 15) is 14.7 Å². The molecule has 2 rings (SSSR count). The monoisotopic (exact) mass is 312 g/mol. The van der Waals surface area contributed by atoms with Gasteiger partial charge in [0.2, 0.25) is 0 Å². The van der Waals surface area contributed by atoms with Gasteiger partial charge < -0.3 is 14.6 Å². The smallest absolute Gasteiger partial charge is 0.336 e. The minimum absolute atomic E-state index is 0.0901. The second-order valence-electron chi connectivity index (χ2n) is 4.70. The molecule has 0 bridgehead atoms. The highest BCUT2D eigenvalue weighted by Crippen LogP contribution is 2.34. The van der Waals surface area contributed by atoms with Gasteiger partial charge in [-0.05, 0) is 17.7 Å². The van der Waals surface area contributed by atoms with Crippen molar-refractivity contribution in [1.82, 2.24) is 0 Å². The Hall–Kier alpha value is -3.08. The van der Waals surface area contributed by atoms with E-state index < -0.39 is 11.9 Å². The van der Waals surface area contributed by atoms with E-state index in [4.69, 9.17) is 9.47 Å². The molecule has 0 unspecified atom stereocenters. The van der Waals surface area contributed by atoms with Crippen LogP contribution in [0.1, 0.15) is 18.1 Å². The lowest BCUT2D eigenvalue weighted by atomic mass is 10.0. The van der Waals surface area contributed by atoms with Crippen molar-refractivity contribution in [3.63, 3.8) is 0 Å². The van der Waals surface area contributed by atoms with Gasteiger partial charge in [0.1, 0.15) is 0 Å². The molecule has 2 aromatic rings. The summed E-state index contributed by atoms with van der Waals surface area (Å²) in [6.45, 7) is 1.27. The fraction of sp³-hybridized carbons (Fsp3) is 0.111. The number of carboxylic acids is 1. The van der Waals surface area contributed by atoms with E-state index >= 15 is 0 Å². The highest BCUT2D eigenvalue weighted by atomic mass is 16.6. The average molecular weight is 312 g/mol. The summed E-state index contributed by atoms with van der Waals surface area (Å²) in [4.78, 5) is 22.9. The number of hydrogen-bond donors (Lipinski definition) is 1. The molecule has 0 atom stereocenters. The Balaban J connectivity index is 2.59. The van der Waals surface area contributed by atoms with Gasteiger partial charge in [0.15, 0.2) is 11.5 Å². The minimum Gasteiger partial charge on any atom is -0.493 e. The Morgan fingerprint density at radius 3 is 2.30 bits per heavy atom. The second kappa shape index (κ2) is 7.26. The molecule has 2 aromatic carbocycles. The molecule has 0 amide bonds. The number of para-hydroxylation sites is 1. The quantitative estimate of drug-likeness (QED) is 0.397. The summed E-state index contributed by atoms with van der Waals surface area (Å²) in [5, 5.41) is 9.48. The van der Waals surface area contributed by atoms with E-state index in [1.807, 2.05) is 0 Å². The fourth-order valence-corrected chi connectivity index (χ4v) is 2.10. The SMILES string of the molecule is COc1cccc(/C=C(/C(=O)O)c2ccccc2)c1OC(C)=O. The number of carbonyl (C=O) groups excluding carboxylic acids is 1. The first-order chi connectivity index (χ1) is 11.0. The van der Waals surface area contributed by atoms with Crippen LogP contribution in [0.4, 0.5) is 0 Å². The van der Waals surface area contributed by atoms with Gasteiger partial charge in [0.25, 0.3) is 0 Å². The van der Waals surface area contributed by atoms with Crippen LogP contribution in [-0.2, 0) is 9.59 Å². The van der Waals surface area contributed by atoms with Crippen LogP contribution in [0.3, 0.4) is 0 Å². The third-order valence-electron chi connectivity index (χ3n) is 3.09. The second-order valence-corrected chi connectivity index (χ2v) is 4.70. The van der Waals surface area contributed by atoms with Crippen molar-refractivity contribution in [3.05, 3.63) is 59.7 Å². The van der Waals surface area contributed by atoms with Crippen molar-refractivity contribution in [1.29, 1.82) is 0 Å². The van der Waals surface area contributed by atoms with Crippen LogP contribution < -0.4 is 9.47 Å². The molecule has 0 spiro atoms. The molecule has 0 aliphatic carbocycles. The van der Waals surface area contributed by atoms with Crippen molar-refractivity contribution in [3.8, 4) is 11.5 Å². The molecule has 23 heavy (non-hydrogen) atoms. The zero-order valence-corrected chi connectivity index (χ0v) is 12.8. The van der Waals surface area contributed by atoms with Gasteiger partial charge in [-0.3, -0.25) is 4.79 Å². The van der Waals surface area contributed by atoms with Crippen molar-refractivity contribution in [2.75, 3.05) is 7.11 Å². The predicted octanol–water partition coefficient (Wildman–Crippen LogP) is 3.25. The van der Waals surface area contributed by atoms with Crippen LogP contribution in [0.15, 0.2) is 48.5 Å². The van der Waals surface area contributed by atoms with E-state index in [1.54, 1.807) is 48.5 Å². The number of methoxy groups -OCH3 is 1. The van der Waals surface area contributed by atoms with Crippen molar-refractivity contribution in [2.45, 2.75) is 6.92 Å². The Bertz CT molecular complexity index is 747. The van der Waals surface area contributed by atoms with Gasteiger partial charge in [0.05, 0.1) is 12.7 Å². The highest BCUT2D eigenvalue weighted by Gasteiger charge is 2.15. The zero-order valence-electron chi connectivity index (χ0n) is 12.8. The Kier molecular flexibility index (Phi) is 5.15. The molecule has 0 aliphatic heterocycles. The van der Waals surface area contributed by atoms with Gasteiger partial charge in [-0.15, -0.1) is 0 Å². The fourth-order valence-electron chi connectivity index (χ4n) is 2.10. The van der Waals surface area contributed by atoms with Gasteiger partial charge >= 0.3 is 11.9 Å². The molecule has 0 radical (unpaired) electrons. The first kappa shape index (κ1) is 16.3. The van der Waals surface area contributed by atoms with Crippen molar-refractivity contribution < 1.29 is 24.2 Å². The Labute approximate surface area is 133 Å². The van der Waals surface area contributed by atoms with Gasteiger partial charge in [-0.1, -0.05) is 42.5 Å². The van der Waals surface area contributed by atoms with Crippen LogP contribution in [0.2, 0.25) is 0 Å². The summed E-state index contributed by atoms with van der Waals surface area (Å²) in [6.07, 6.45) is 1.46. The summed E-state index contributed by atoms with van der Waals surface area (Å²) >= 11 is 0. The molecule has 118 valence electrons. The maximum atomic E-state index is 11.6. The van der Waals surface area contributed by atoms with E-state index in [1.165, 1.54) is 20.1 Å². The highest BCUT2D eigenvalue weighted by molar-refractivity contribution is 6.20. The van der Waals surface area contributed by atoms with Crippen LogP contribution in [0.25, 0.3) is 11.6 Å². The number of carboxylic acid groups (broad SMARTS) is 1. The van der Waals surface area contributed by atoms with E-state index in [-0.39, 0.29) is 11.3 Å². The van der Waals surface area contributed by atoms with Gasteiger partial charge in [0, 0.05) is 12.5 Å². The number of benzene rings is 2. The van der Waals surface area contributed by atoms with Crippen molar-refractivity contribution in [2.24, 2.45) is 0 Å². The molecular weight excluding hydrogens is 296 g/mol. The molecule has 0 fully saturated rings. The number of hydrogen-bond acceptors (Lipinski definition) is 4. The third kappa shape index (κ3) is 3.97. The van der Waals surface area contributed by atoms with E-state index in [2.05, 4.69) is 0 Å². The van der Waals surface area contributed by atoms with Crippen LogP contribution in [-0.4, -0.2) is 24.2 Å². The Morgan fingerprint density at radius 1 is 1.04 bits per heavy atom. The lowest BCUT2D eigenvalue weighted by molar-refractivity contribution is -0.132. The first-order valence-corrected chi connectivity index (χ1v) is 6.88. The van der Waals surface area contributed by atoms with Gasteiger partial charge in [-0.2, -0.15) is 0 Å². The van der Waals surface area contributed by atoms with E-state index in [0.29, 0.717) is 16.9 Å². The molecule has 0 aliphatic rings. The molecule has 0 saturated heterocycles. The van der Waals surface area contributed by atoms with Gasteiger partial charge in [-0.25, -0.2) is 4.79 Å². The summed E-state index contributed by atoms with van der Waals surface area (Å²) in [6, 6.07) is 13.7. The molecule has 5 heteroatoms. The third-order valence-corrected chi connectivity index (χ3v) is 3.09. The molecule has 0 saturated carbocycles. The van der Waals surface area contributed by atoms with Crippen LogP contribution in [0, 0.1) is 0 Å². The van der Waals surface area contributed by atoms with Crippen molar-refractivity contribution >= 4 is 23.6 Å². The molecule has 0 heterocycles. The summed E-state index contributed by atoms with van der Waals surface area (Å²) < 4.78 is 10.4. The number of rotatable bonds is 5. The zero-order chi connectivity index (χ0) is 16.8. The molecule has 5 nitrogen and oxygen atoms in total. The van der Waals surface area contributed by atoms with E-state index in [0.717, 1.165) is 0 Å². The molecule has 1 N–H and O–H groups in total. The molecular formula is C18H16O5. The number of aliphatic carboxylic acids is 1. The predicted molar refractivity (Wildman–Crippen MR) is 86.3 cm³/mol. The number of ether oxygens (including phenoxy) is 2. The number of esters is 1. The topological polar surface area (TPSA) is 72.8 Å². The summed E-state index contributed by atoms with van der Waals surface area (Å²) in [5.74, 6) is -1.04. The maximum Gasteiger partial charge on any atom is 0.336 e. The van der Waals surface area contributed by atoms with Crippen LogP contribution >= 0.6 is 0 Å². The average Bonchev–Trinajstić information content (AvgIpc) is 2.53. The maximum absolute atomic E-state index is 11.6. The first-order valence-electron chi connectivity index (χ1n) is 6.88. The Morgan fingerprint density at radius 2 is 1.74 bits per heavy atom. The van der Waals surface area contributed by atoms with Crippen LogP contribution in [0.5, 0.6) is 11.5 Å². The lowest BCUT2D eigenvalue weighted by Gasteiger charge is -2.11. The normalized spacial score (nSPS) is 11.0. The molecule has 0 aromatic heterocycles.